The van der Waals surface area contributed by atoms with Crippen LogP contribution in [0.15, 0.2) is 18.2 Å². The summed E-state index contributed by atoms with van der Waals surface area (Å²) >= 11 is 0. The largest absolute Gasteiger partial charge is 0.361 e. The molecule has 13 heavy (non-hydrogen) atoms. The van der Waals surface area contributed by atoms with E-state index in [1.165, 1.54) is 0 Å². The number of benzene rings is 1. The molecule has 1 aromatic carbocycles. The highest BCUT2D eigenvalue weighted by molar-refractivity contribution is 7.09. The molecule has 0 aliphatic rings. The molecule has 0 aliphatic heterocycles. The van der Waals surface area contributed by atoms with Crippen molar-refractivity contribution in [1.82, 2.24) is 0 Å². The number of aryl methyl sites for hydroxylation is 1. The van der Waals surface area contributed by atoms with E-state index >= 15 is 0 Å². The van der Waals surface area contributed by atoms with Gasteiger partial charge in [-0.05, 0) is 31.0 Å². The van der Waals surface area contributed by atoms with Gasteiger partial charge in [0.15, 0.2) is 5.78 Å². The van der Waals surface area contributed by atoms with Gasteiger partial charge in [-0.25, -0.2) is 0 Å². The smallest absolute Gasteiger partial charge is 0.159 e. The van der Waals surface area contributed by atoms with Crippen molar-refractivity contribution in [2.24, 2.45) is 0 Å². The third-order valence-corrected chi connectivity index (χ3v) is 2.16. The van der Waals surface area contributed by atoms with Gasteiger partial charge < -0.3 is 4.52 Å². The van der Waals surface area contributed by atoms with E-state index in [9.17, 15) is 4.79 Å². The van der Waals surface area contributed by atoms with Gasteiger partial charge in [0.05, 0.1) is 6.61 Å². The van der Waals surface area contributed by atoms with Crippen LogP contribution in [0, 0.1) is 6.92 Å². The molecule has 1 atom stereocenters. The van der Waals surface area contributed by atoms with Crippen LogP contribution in [-0.4, -0.2) is 5.78 Å². The summed E-state index contributed by atoms with van der Waals surface area (Å²) in [5.41, 5.74) is 2.94. The van der Waals surface area contributed by atoms with Gasteiger partial charge in [-0.15, -0.1) is 0 Å². The molecule has 0 saturated heterocycles. The molecule has 2 nitrogen and oxygen atoms in total. The van der Waals surface area contributed by atoms with Crippen molar-refractivity contribution < 1.29 is 9.32 Å². The van der Waals surface area contributed by atoms with Gasteiger partial charge in [-0.3, -0.25) is 4.79 Å². The molecule has 3 heteroatoms. The highest BCUT2D eigenvalue weighted by Gasteiger charge is 2.03. The Kier molecular flexibility index (Phi) is 3.58. The molecule has 1 rings (SSSR count). The second-order valence-electron chi connectivity index (χ2n) is 3.01. The zero-order valence-electron chi connectivity index (χ0n) is 7.83. The van der Waals surface area contributed by atoms with E-state index in [1.54, 1.807) is 6.92 Å². The minimum atomic E-state index is 0.0880. The standard InChI is InChI=1S/C10H13O2P/c1-7-3-4-9(8(2)11)5-10(7)6-12-13/h3-5H,6,13H2,1-2H3. The molecular weight excluding hydrogens is 183 g/mol. The topological polar surface area (TPSA) is 26.3 Å². The predicted molar refractivity (Wildman–Crippen MR) is 55.7 cm³/mol. The third-order valence-electron chi connectivity index (χ3n) is 1.99. The number of rotatable bonds is 3. The number of carbonyl (C=O) groups excluding carboxylic acids is 1. The average Bonchev–Trinajstić information content (AvgIpc) is 2.08. The second-order valence-corrected chi connectivity index (χ2v) is 3.34. The molecule has 70 valence electrons. The van der Waals surface area contributed by atoms with Crippen LogP contribution in [-0.2, 0) is 11.1 Å². The van der Waals surface area contributed by atoms with Crippen molar-refractivity contribution >= 4 is 15.2 Å². The molecule has 0 bridgehead atoms. The normalized spacial score (nSPS) is 10.1. The molecule has 0 N–H and O–H groups in total. The van der Waals surface area contributed by atoms with Crippen LogP contribution < -0.4 is 0 Å². The quantitative estimate of drug-likeness (QED) is 0.548. The molecule has 0 amide bonds. The number of carbonyl (C=O) groups is 1. The van der Waals surface area contributed by atoms with E-state index in [2.05, 4.69) is 9.47 Å². The van der Waals surface area contributed by atoms with Gasteiger partial charge in [0, 0.05) is 15.0 Å². The summed E-state index contributed by atoms with van der Waals surface area (Å²) in [4.78, 5) is 11.1. The first-order valence-electron chi connectivity index (χ1n) is 4.07. The first-order chi connectivity index (χ1) is 6.15. The van der Waals surface area contributed by atoms with Crippen LogP contribution in [0.3, 0.4) is 0 Å². The van der Waals surface area contributed by atoms with E-state index in [-0.39, 0.29) is 5.78 Å². The highest BCUT2D eigenvalue weighted by Crippen LogP contribution is 2.13. The molecule has 0 radical (unpaired) electrons. The van der Waals surface area contributed by atoms with E-state index in [0.717, 1.165) is 16.7 Å². The van der Waals surface area contributed by atoms with Crippen LogP contribution in [0.1, 0.15) is 28.4 Å². The lowest BCUT2D eigenvalue weighted by Gasteiger charge is -2.05. The Hall–Kier alpha value is -0.720. The lowest BCUT2D eigenvalue weighted by atomic mass is 10.0. The maximum absolute atomic E-state index is 11.1. The maximum Gasteiger partial charge on any atom is 0.159 e. The van der Waals surface area contributed by atoms with Gasteiger partial charge in [0.25, 0.3) is 0 Å². The molecule has 0 aliphatic carbocycles. The van der Waals surface area contributed by atoms with Crippen molar-refractivity contribution in [1.29, 1.82) is 0 Å². The Balaban J connectivity index is 3.03. The molecule has 1 aromatic rings. The number of hydrogen-bond donors (Lipinski definition) is 0. The molecular formula is C10H13O2P. The molecule has 0 spiro atoms. The van der Waals surface area contributed by atoms with Crippen LogP contribution in [0.25, 0.3) is 0 Å². The molecule has 0 saturated carbocycles. The summed E-state index contributed by atoms with van der Waals surface area (Å²) in [5, 5.41) is 0. The molecule has 0 heterocycles. The minimum absolute atomic E-state index is 0.0880. The Labute approximate surface area is 80.6 Å². The van der Waals surface area contributed by atoms with E-state index < -0.39 is 0 Å². The van der Waals surface area contributed by atoms with E-state index in [1.807, 2.05) is 25.1 Å². The van der Waals surface area contributed by atoms with Crippen LogP contribution in [0.4, 0.5) is 0 Å². The highest BCUT2D eigenvalue weighted by atomic mass is 31.0. The van der Waals surface area contributed by atoms with E-state index in [0.29, 0.717) is 6.61 Å². The van der Waals surface area contributed by atoms with Crippen LogP contribution in [0.2, 0.25) is 0 Å². The zero-order valence-corrected chi connectivity index (χ0v) is 8.99. The van der Waals surface area contributed by atoms with E-state index in [4.69, 9.17) is 4.52 Å². The first-order valence-corrected chi connectivity index (χ1v) is 4.54. The summed E-state index contributed by atoms with van der Waals surface area (Å²) in [6, 6.07) is 5.65. The Morgan fingerprint density at radius 2 is 2.23 bits per heavy atom. The van der Waals surface area contributed by atoms with Gasteiger partial charge >= 0.3 is 0 Å². The Morgan fingerprint density at radius 3 is 2.77 bits per heavy atom. The van der Waals surface area contributed by atoms with Gasteiger partial charge in [-0.1, -0.05) is 12.1 Å². The zero-order chi connectivity index (χ0) is 9.84. The van der Waals surface area contributed by atoms with Gasteiger partial charge in [0.1, 0.15) is 0 Å². The monoisotopic (exact) mass is 196 g/mol. The van der Waals surface area contributed by atoms with Gasteiger partial charge in [0.2, 0.25) is 0 Å². The predicted octanol–water partition coefficient (Wildman–Crippen LogP) is 2.50. The summed E-state index contributed by atoms with van der Waals surface area (Å²) in [7, 11) is 2.21. The lowest BCUT2D eigenvalue weighted by molar-refractivity contribution is 0.101. The number of ketones is 1. The SMILES string of the molecule is CC(=O)c1ccc(C)c(COP)c1. The van der Waals surface area contributed by atoms with Crippen molar-refractivity contribution in [3.05, 3.63) is 34.9 Å². The van der Waals surface area contributed by atoms with Gasteiger partial charge in [-0.2, -0.15) is 0 Å². The van der Waals surface area contributed by atoms with Crippen molar-refractivity contribution in [2.45, 2.75) is 20.5 Å². The average molecular weight is 196 g/mol. The number of hydrogen-bond acceptors (Lipinski definition) is 2. The second kappa shape index (κ2) is 4.50. The van der Waals surface area contributed by atoms with Crippen molar-refractivity contribution in [3.8, 4) is 0 Å². The fraction of sp³-hybridized carbons (Fsp3) is 0.300. The van der Waals surface area contributed by atoms with Crippen molar-refractivity contribution in [3.63, 3.8) is 0 Å². The Bertz CT molecular complexity index is 321. The number of Topliss-reactive ketones (excluding diaryl/α,β-unsaturated/α-hetero) is 1. The molecule has 0 aromatic heterocycles. The summed E-state index contributed by atoms with van der Waals surface area (Å²) in [6.45, 7) is 4.09. The van der Waals surface area contributed by atoms with Crippen molar-refractivity contribution in [2.75, 3.05) is 0 Å². The summed E-state index contributed by atoms with van der Waals surface area (Å²) in [5.74, 6) is 0.0880. The van der Waals surface area contributed by atoms with Crippen LogP contribution >= 0.6 is 9.47 Å². The van der Waals surface area contributed by atoms with Crippen LogP contribution in [0.5, 0.6) is 0 Å². The third kappa shape index (κ3) is 2.61. The first kappa shape index (κ1) is 10.4. The summed E-state index contributed by atoms with van der Waals surface area (Å²) < 4.78 is 4.95. The fourth-order valence-electron chi connectivity index (χ4n) is 1.14. The fourth-order valence-corrected chi connectivity index (χ4v) is 1.32. The molecule has 1 unspecified atom stereocenters. The Morgan fingerprint density at radius 1 is 1.54 bits per heavy atom. The molecule has 0 fully saturated rings. The maximum atomic E-state index is 11.1. The minimum Gasteiger partial charge on any atom is -0.361 e. The lowest BCUT2D eigenvalue weighted by Crippen LogP contribution is -1.96. The summed E-state index contributed by atoms with van der Waals surface area (Å²) in [6.07, 6.45) is 0.